The first kappa shape index (κ1) is 20.8. The smallest absolute Gasteiger partial charge is 0.255 e. The SMILES string of the molecule is Cc1cc(C(=O)N2CCCC(C(=O)Nc3ccccc3)C2)c(C)n1-c1ccc(F)cc1. The highest BCUT2D eigenvalue weighted by Gasteiger charge is 2.30. The summed E-state index contributed by atoms with van der Waals surface area (Å²) in [7, 11) is 0. The van der Waals surface area contributed by atoms with E-state index >= 15 is 0 Å². The van der Waals surface area contributed by atoms with Crippen LogP contribution in [0.4, 0.5) is 10.1 Å². The molecule has 1 fully saturated rings. The van der Waals surface area contributed by atoms with Crippen molar-refractivity contribution in [2.24, 2.45) is 5.92 Å². The molecule has 1 atom stereocenters. The number of aromatic nitrogens is 1. The molecule has 0 bridgehead atoms. The van der Waals surface area contributed by atoms with Gasteiger partial charge in [-0.25, -0.2) is 4.39 Å². The Morgan fingerprint density at radius 3 is 2.45 bits per heavy atom. The van der Waals surface area contributed by atoms with E-state index in [9.17, 15) is 14.0 Å². The van der Waals surface area contributed by atoms with Crippen molar-refractivity contribution < 1.29 is 14.0 Å². The lowest BCUT2D eigenvalue weighted by molar-refractivity contribution is -0.121. The normalized spacial score (nSPS) is 16.2. The predicted octanol–water partition coefficient (Wildman–Crippen LogP) is 4.72. The van der Waals surface area contributed by atoms with Gasteiger partial charge in [-0.1, -0.05) is 18.2 Å². The van der Waals surface area contributed by atoms with Gasteiger partial charge in [-0.2, -0.15) is 0 Å². The first-order valence-corrected chi connectivity index (χ1v) is 10.5. The van der Waals surface area contributed by atoms with Crippen LogP contribution in [0.2, 0.25) is 0 Å². The lowest BCUT2D eigenvalue weighted by atomic mass is 9.96. The van der Waals surface area contributed by atoms with Gasteiger partial charge in [-0.3, -0.25) is 9.59 Å². The molecule has 31 heavy (non-hydrogen) atoms. The molecule has 2 amide bonds. The molecule has 1 unspecified atom stereocenters. The molecule has 1 aliphatic rings. The molecule has 5 nitrogen and oxygen atoms in total. The Kier molecular flexibility index (Phi) is 5.89. The van der Waals surface area contributed by atoms with Gasteiger partial charge in [0.15, 0.2) is 0 Å². The number of para-hydroxylation sites is 1. The number of hydrogen-bond donors (Lipinski definition) is 1. The van der Waals surface area contributed by atoms with Crippen molar-refractivity contribution in [2.75, 3.05) is 18.4 Å². The van der Waals surface area contributed by atoms with Crippen molar-refractivity contribution in [1.82, 2.24) is 9.47 Å². The largest absolute Gasteiger partial charge is 0.338 e. The third-order valence-electron chi connectivity index (χ3n) is 5.87. The molecule has 0 saturated carbocycles. The molecule has 1 aliphatic heterocycles. The fourth-order valence-corrected chi connectivity index (χ4v) is 4.28. The summed E-state index contributed by atoms with van der Waals surface area (Å²) in [5.74, 6) is -0.659. The zero-order valence-electron chi connectivity index (χ0n) is 17.8. The number of nitrogens with one attached hydrogen (secondary N) is 1. The van der Waals surface area contributed by atoms with Crippen molar-refractivity contribution in [1.29, 1.82) is 0 Å². The second-order valence-corrected chi connectivity index (χ2v) is 8.04. The van der Waals surface area contributed by atoms with Crippen molar-refractivity contribution in [3.05, 3.63) is 83.4 Å². The molecule has 1 N–H and O–H groups in total. The van der Waals surface area contributed by atoms with E-state index < -0.39 is 0 Å². The van der Waals surface area contributed by atoms with Gasteiger partial charge in [0, 0.05) is 35.9 Å². The van der Waals surface area contributed by atoms with Crippen LogP contribution in [0.5, 0.6) is 0 Å². The van der Waals surface area contributed by atoms with E-state index in [1.807, 2.05) is 54.8 Å². The number of likely N-dealkylation sites (tertiary alicyclic amines) is 1. The van der Waals surface area contributed by atoms with Crippen molar-refractivity contribution >= 4 is 17.5 Å². The Morgan fingerprint density at radius 2 is 1.74 bits per heavy atom. The standard InChI is InChI=1S/C25H26FN3O2/c1-17-15-23(18(2)29(17)22-12-10-20(26)11-13-22)25(31)28-14-6-7-19(16-28)24(30)27-21-8-4-3-5-9-21/h3-5,8-13,15,19H,6-7,14,16H2,1-2H3,(H,27,30). The van der Waals surface area contributed by atoms with Gasteiger partial charge in [0.2, 0.25) is 5.91 Å². The molecule has 4 rings (SSSR count). The minimum atomic E-state index is -0.296. The van der Waals surface area contributed by atoms with Crippen LogP contribution in [-0.2, 0) is 4.79 Å². The summed E-state index contributed by atoms with van der Waals surface area (Å²) < 4.78 is 15.3. The van der Waals surface area contributed by atoms with Crippen LogP contribution >= 0.6 is 0 Å². The summed E-state index contributed by atoms with van der Waals surface area (Å²) in [4.78, 5) is 27.8. The summed E-state index contributed by atoms with van der Waals surface area (Å²) in [6.45, 7) is 4.86. The monoisotopic (exact) mass is 419 g/mol. The van der Waals surface area contributed by atoms with Crippen molar-refractivity contribution in [3.8, 4) is 5.69 Å². The number of hydrogen-bond acceptors (Lipinski definition) is 2. The Bertz CT molecular complexity index is 1090. The van der Waals surface area contributed by atoms with Crippen molar-refractivity contribution in [3.63, 3.8) is 0 Å². The maximum absolute atomic E-state index is 13.3. The van der Waals surface area contributed by atoms with Gasteiger partial charge in [0.05, 0.1) is 11.5 Å². The van der Waals surface area contributed by atoms with Gasteiger partial charge in [-0.15, -0.1) is 0 Å². The quantitative estimate of drug-likeness (QED) is 0.665. The number of rotatable bonds is 4. The average molecular weight is 420 g/mol. The lowest BCUT2D eigenvalue weighted by Crippen LogP contribution is -2.43. The van der Waals surface area contributed by atoms with Crippen LogP contribution in [-0.4, -0.2) is 34.4 Å². The second kappa shape index (κ2) is 8.76. The summed E-state index contributed by atoms with van der Waals surface area (Å²) in [5, 5.41) is 2.95. The minimum Gasteiger partial charge on any atom is -0.338 e. The highest BCUT2D eigenvalue weighted by molar-refractivity contribution is 5.97. The van der Waals surface area contributed by atoms with Gasteiger partial charge in [0.1, 0.15) is 5.82 Å². The number of nitrogens with zero attached hydrogens (tertiary/aromatic N) is 2. The third-order valence-corrected chi connectivity index (χ3v) is 5.87. The molecule has 2 aromatic carbocycles. The minimum absolute atomic E-state index is 0.0551. The summed E-state index contributed by atoms with van der Waals surface area (Å²) in [6.07, 6.45) is 1.55. The second-order valence-electron chi connectivity index (χ2n) is 8.04. The number of anilines is 1. The van der Waals surface area contributed by atoms with Crippen LogP contribution in [0, 0.1) is 25.6 Å². The highest BCUT2D eigenvalue weighted by atomic mass is 19.1. The number of carbonyl (C=O) groups excluding carboxylic acids is 2. The van der Waals surface area contributed by atoms with Crippen LogP contribution in [0.3, 0.4) is 0 Å². The summed E-state index contributed by atoms with van der Waals surface area (Å²) in [6, 6.07) is 17.5. The molecule has 0 aliphatic carbocycles. The molecular formula is C25H26FN3O2. The molecule has 3 aromatic rings. The van der Waals surface area contributed by atoms with E-state index in [1.165, 1.54) is 12.1 Å². The molecule has 6 heteroatoms. The number of halogens is 1. The van der Waals surface area contributed by atoms with Gasteiger partial charge in [-0.05, 0) is 69.2 Å². The molecule has 1 aromatic heterocycles. The molecule has 160 valence electrons. The van der Waals surface area contributed by atoms with Gasteiger partial charge >= 0.3 is 0 Å². The number of benzene rings is 2. The summed E-state index contributed by atoms with van der Waals surface area (Å²) in [5.41, 5.74) is 3.91. The zero-order chi connectivity index (χ0) is 22.0. The molecule has 0 radical (unpaired) electrons. The highest BCUT2D eigenvalue weighted by Crippen LogP contribution is 2.25. The van der Waals surface area contributed by atoms with Gasteiger partial charge < -0.3 is 14.8 Å². The maximum Gasteiger partial charge on any atom is 0.255 e. The third kappa shape index (κ3) is 4.38. The van der Waals surface area contributed by atoms with Crippen molar-refractivity contribution in [2.45, 2.75) is 26.7 Å². The Hall–Kier alpha value is -3.41. The van der Waals surface area contributed by atoms with E-state index in [2.05, 4.69) is 5.32 Å². The number of amides is 2. The average Bonchev–Trinajstić information content (AvgIpc) is 3.08. The van der Waals surface area contributed by atoms with Crippen LogP contribution in [0.15, 0.2) is 60.7 Å². The van der Waals surface area contributed by atoms with Crippen LogP contribution in [0.1, 0.15) is 34.6 Å². The first-order chi connectivity index (χ1) is 14.9. The predicted molar refractivity (Wildman–Crippen MR) is 119 cm³/mol. The number of piperidine rings is 1. The van der Waals surface area contributed by atoms with E-state index in [0.717, 1.165) is 35.6 Å². The molecule has 2 heterocycles. The van der Waals surface area contributed by atoms with E-state index in [4.69, 9.17) is 0 Å². The first-order valence-electron chi connectivity index (χ1n) is 10.5. The lowest BCUT2D eigenvalue weighted by Gasteiger charge is -2.32. The Morgan fingerprint density at radius 1 is 1.03 bits per heavy atom. The molecular weight excluding hydrogens is 393 g/mol. The number of aryl methyl sites for hydroxylation is 1. The number of carbonyl (C=O) groups is 2. The fourth-order valence-electron chi connectivity index (χ4n) is 4.28. The van der Waals surface area contributed by atoms with Crippen LogP contribution in [0.25, 0.3) is 5.69 Å². The fraction of sp³-hybridized carbons (Fsp3) is 0.280. The molecule has 0 spiro atoms. The zero-order valence-corrected chi connectivity index (χ0v) is 17.8. The Balaban J connectivity index is 1.51. The summed E-state index contributed by atoms with van der Waals surface area (Å²) >= 11 is 0. The Labute approximate surface area is 181 Å². The van der Waals surface area contributed by atoms with E-state index in [-0.39, 0.29) is 23.5 Å². The molecule has 1 saturated heterocycles. The van der Waals surface area contributed by atoms with Crippen LogP contribution < -0.4 is 5.32 Å². The maximum atomic E-state index is 13.3. The topological polar surface area (TPSA) is 54.3 Å². The van der Waals surface area contributed by atoms with Gasteiger partial charge in [0.25, 0.3) is 5.91 Å². The van der Waals surface area contributed by atoms with E-state index in [0.29, 0.717) is 18.7 Å². The van der Waals surface area contributed by atoms with E-state index in [1.54, 1.807) is 17.0 Å².